The molecule has 0 aliphatic heterocycles. The first-order valence-electron chi connectivity index (χ1n) is 7.58. The van der Waals surface area contributed by atoms with Crippen molar-refractivity contribution in [1.82, 2.24) is 0 Å². The Balaban J connectivity index is 1.90. The van der Waals surface area contributed by atoms with Gasteiger partial charge in [0.2, 0.25) is 0 Å². The van der Waals surface area contributed by atoms with Crippen molar-refractivity contribution >= 4 is 5.97 Å². The average Bonchev–Trinajstić information content (AvgIpc) is 2.79. The molecule has 2 nitrogen and oxygen atoms in total. The van der Waals surface area contributed by atoms with Crippen LogP contribution in [0.15, 0.2) is 24.3 Å². The zero-order valence-electron chi connectivity index (χ0n) is 12.9. The fraction of sp³-hybridized carbons (Fsp3) is 0.611. The number of esters is 1. The van der Waals surface area contributed by atoms with E-state index < -0.39 is 0 Å². The van der Waals surface area contributed by atoms with Gasteiger partial charge in [-0.25, -0.2) is 4.79 Å². The highest BCUT2D eigenvalue weighted by Gasteiger charge is 2.61. The summed E-state index contributed by atoms with van der Waals surface area (Å²) in [6, 6.07) is 8.06. The number of ether oxygens (including phenoxy) is 1. The van der Waals surface area contributed by atoms with E-state index >= 15 is 0 Å². The third kappa shape index (κ3) is 1.66. The summed E-state index contributed by atoms with van der Waals surface area (Å²) in [4.78, 5) is 11.5. The number of methoxy groups -OCH3 is 1. The van der Waals surface area contributed by atoms with Crippen LogP contribution in [-0.2, 0) is 4.74 Å². The summed E-state index contributed by atoms with van der Waals surface area (Å²) in [6.45, 7) is 7.33. The van der Waals surface area contributed by atoms with Crippen molar-refractivity contribution < 1.29 is 9.53 Å². The van der Waals surface area contributed by atoms with E-state index in [-0.39, 0.29) is 5.97 Å². The molecule has 2 aliphatic rings. The Labute approximate surface area is 121 Å². The van der Waals surface area contributed by atoms with Crippen molar-refractivity contribution in [2.75, 3.05) is 7.11 Å². The molecule has 0 aromatic heterocycles. The smallest absolute Gasteiger partial charge is 0.337 e. The monoisotopic (exact) mass is 272 g/mol. The van der Waals surface area contributed by atoms with E-state index in [9.17, 15) is 4.79 Å². The van der Waals surface area contributed by atoms with Gasteiger partial charge in [0, 0.05) is 0 Å². The molecule has 2 heteroatoms. The topological polar surface area (TPSA) is 26.3 Å². The summed E-state index contributed by atoms with van der Waals surface area (Å²) in [5.74, 6) is 1.22. The third-order valence-corrected chi connectivity index (χ3v) is 6.53. The predicted octanol–water partition coefficient (Wildman–Crippen LogP) is 4.40. The highest BCUT2D eigenvalue weighted by atomic mass is 16.5. The van der Waals surface area contributed by atoms with Crippen LogP contribution in [0.25, 0.3) is 0 Å². The number of carbonyl (C=O) groups is 1. The number of carbonyl (C=O) groups excluding carboxylic acids is 1. The van der Waals surface area contributed by atoms with Crippen molar-refractivity contribution in [1.29, 1.82) is 0 Å². The lowest BCUT2D eigenvalue weighted by molar-refractivity contribution is 0.0600. The zero-order valence-corrected chi connectivity index (χ0v) is 12.9. The fourth-order valence-electron chi connectivity index (χ4n) is 4.68. The molecule has 2 aliphatic carbocycles. The van der Waals surface area contributed by atoms with Crippen LogP contribution < -0.4 is 0 Å². The van der Waals surface area contributed by atoms with Crippen LogP contribution in [0.5, 0.6) is 0 Å². The van der Waals surface area contributed by atoms with Crippen molar-refractivity contribution in [2.45, 2.75) is 46.0 Å². The molecule has 3 rings (SSSR count). The van der Waals surface area contributed by atoms with Gasteiger partial charge in [-0.1, -0.05) is 32.9 Å². The van der Waals surface area contributed by atoms with E-state index in [0.717, 1.165) is 5.92 Å². The van der Waals surface area contributed by atoms with Crippen molar-refractivity contribution in [3.63, 3.8) is 0 Å². The number of rotatable bonds is 2. The molecule has 2 bridgehead atoms. The first kappa shape index (κ1) is 13.7. The minimum absolute atomic E-state index is 0.254. The molecule has 0 radical (unpaired) electrons. The van der Waals surface area contributed by atoms with Gasteiger partial charge in [0.05, 0.1) is 12.7 Å². The molecule has 108 valence electrons. The van der Waals surface area contributed by atoms with Gasteiger partial charge in [-0.15, -0.1) is 0 Å². The molecule has 2 saturated carbocycles. The van der Waals surface area contributed by atoms with Crippen LogP contribution in [-0.4, -0.2) is 13.1 Å². The lowest BCUT2D eigenvalue weighted by Crippen LogP contribution is -2.31. The number of hydrogen-bond acceptors (Lipinski definition) is 2. The highest BCUT2D eigenvalue weighted by molar-refractivity contribution is 5.89. The van der Waals surface area contributed by atoms with Crippen molar-refractivity contribution in [3.05, 3.63) is 35.4 Å². The molecule has 0 amide bonds. The molecule has 1 aromatic carbocycles. The molecule has 0 spiro atoms. The molecule has 1 aromatic rings. The Hall–Kier alpha value is -1.31. The standard InChI is InChI=1S/C18H24O2/c1-17(2)14-9-10-18(17,3)15(11-14)12-5-7-13(8-6-12)16(19)20-4/h5-8,14-15H,9-11H2,1-4H3/t14-,15?,18+/m1/s1. The van der Waals surface area contributed by atoms with Crippen LogP contribution in [0.3, 0.4) is 0 Å². The number of fused-ring (bicyclic) bond motifs is 2. The third-order valence-electron chi connectivity index (χ3n) is 6.53. The van der Waals surface area contributed by atoms with E-state index in [4.69, 9.17) is 4.74 Å². The molecule has 0 saturated heterocycles. The van der Waals surface area contributed by atoms with Crippen LogP contribution in [0.1, 0.15) is 61.9 Å². The van der Waals surface area contributed by atoms with Gasteiger partial charge in [0.25, 0.3) is 0 Å². The second-order valence-corrected chi connectivity index (χ2v) is 7.28. The van der Waals surface area contributed by atoms with Crippen molar-refractivity contribution in [2.24, 2.45) is 16.7 Å². The summed E-state index contributed by atoms with van der Waals surface area (Å²) in [5, 5.41) is 0. The summed E-state index contributed by atoms with van der Waals surface area (Å²) in [5.41, 5.74) is 2.85. The minimum atomic E-state index is -0.254. The predicted molar refractivity (Wildman–Crippen MR) is 79.8 cm³/mol. The Bertz CT molecular complexity index is 529. The van der Waals surface area contributed by atoms with Gasteiger partial charge in [-0.3, -0.25) is 0 Å². The Kier molecular flexibility index (Phi) is 2.97. The fourth-order valence-corrected chi connectivity index (χ4v) is 4.68. The molecule has 3 atom stereocenters. The second-order valence-electron chi connectivity index (χ2n) is 7.28. The molecular weight excluding hydrogens is 248 g/mol. The van der Waals surface area contributed by atoms with Gasteiger partial charge in [-0.2, -0.15) is 0 Å². The maximum atomic E-state index is 11.5. The molecule has 1 unspecified atom stereocenters. The van der Waals surface area contributed by atoms with Crippen LogP contribution >= 0.6 is 0 Å². The van der Waals surface area contributed by atoms with Gasteiger partial charge < -0.3 is 4.74 Å². The van der Waals surface area contributed by atoms with Gasteiger partial charge in [0.1, 0.15) is 0 Å². The van der Waals surface area contributed by atoms with Gasteiger partial charge >= 0.3 is 5.97 Å². The van der Waals surface area contributed by atoms with Crippen LogP contribution in [0, 0.1) is 16.7 Å². The maximum Gasteiger partial charge on any atom is 0.337 e. The quantitative estimate of drug-likeness (QED) is 0.746. The largest absolute Gasteiger partial charge is 0.465 e. The Morgan fingerprint density at radius 1 is 1.20 bits per heavy atom. The van der Waals surface area contributed by atoms with E-state index in [1.54, 1.807) is 0 Å². The average molecular weight is 272 g/mol. The van der Waals surface area contributed by atoms with E-state index in [1.807, 2.05) is 12.1 Å². The molecular formula is C18H24O2. The Morgan fingerprint density at radius 3 is 2.30 bits per heavy atom. The van der Waals surface area contributed by atoms with Gasteiger partial charge in [-0.05, 0) is 59.6 Å². The summed E-state index contributed by atoms with van der Waals surface area (Å²) in [6.07, 6.45) is 4.00. The molecule has 20 heavy (non-hydrogen) atoms. The zero-order chi connectivity index (χ0) is 14.5. The summed E-state index contributed by atoms with van der Waals surface area (Å²) in [7, 11) is 1.43. The van der Waals surface area contributed by atoms with Gasteiger partial charge in [0.15, 0.2) is 0 Å². The SMILES string of the molecule is COC(=O)c1ccc(C2C[C@H]3CC[C@]2(C)C3(C)C)cc1. The lowest BCUT2D eigenvalue weighted by Gasteiger charge is -2.39. The van der Waals surface area contributed by atoms with E-state index in [2.05, 4.69) is 32.9 Å². The summed E-state index contributed by atoms with van der Waals surface area (Å²) >= 11 is 0. The molecule has 0 heterocycles. The number of hydrogen-bond donors (Lipinski definition) is 0. The summed E-state index contributed by atoms with van der Waals surface area (Å²) < 4.78 is 4.76. The molecule has 2 fully saturated rings. The first-order valence-corrected chi connectivity index (χ1v) is 7.58. The minimum Gasteiger partial charge on any atom is -0.465 e. The normalized spacial score (nSPS) is 34.2. The first-order chi connectivity index (χ1) is 9.40. The molecule has 0 N–H and O–H groups in total. The van der Waals surface area contributed by atoms with Crippen molar-refractivity contribution in [3.8, 4) is 0 Å². The number of benzene rings is 1. The van der Waals surface area contributed by atoms with E-state index in [0.29, 0.717) is 22.3 Å². The van der Waals surface area contributed by atoms with E-state index in [1.165, 1.54) is 31.9 Å². The lowest BCUT2D eigenvalue weighted by atomic mass is 9.65. The Morgan fingerprint density at radius 2 is 1.85 bits per heavy atom. The highest BCUT2D eigenvalue weighted by Crippen LogP contribution is 2.70. The maximum absolute atomic E-state index is 11.5. The van der Waals surface area contributed by atoms with Crippen LogP contribution in [0.2, 0.25) is 0 Å². The second kappa shape index (κ2) is 4.34. The van der Waals surface area contributed by atoms with Crippen LogP contribution in [0.4, 0.5) is 0 Å².